The summed E-state index contributed by atoms with van der Waals surface area (Å²) >= 11 is 5.70. The molecule has 0 saturated carbocycles. The van der Waals surface area contributed by atoms with Crippen molar-refractivity contribution in [1.29, 1.82) is 0 Å². The number of rotatable bonds is 8. The molecule has 1 fully saturated rings. The first kappa shape index (κ1) is 23.7. The van der Waals surface area contributed by atoms with Gasteiger partial charge in [-0.05, 0) is 55.9 Å². The van der Waals surface area contributed by atoms with Gasteiger partial charge in [0.15, 0.2) is 5.11 Å². The monoisotopic (exact) mass is 481 g/mol. The SMILES string of the molecule is COCCN1C(=S)NC(c2ccccn2)C1c1cc(C)n(-c2cc([N+](=O)[O-])ccc2OC)c1C. The van der Waals surface area contributed by atoms with Crippen molar-refractivity contribution in [2.24, 2.45) is 0 Å². The highest BCUT2D eigenvalue weighted by Gasteiger charge is 2.41. The van der Waals surface area contributed by atoms with Gasteiger partial charge in [-0.25, -0.2) is 0 Å². The van der Waals surface area contributed by atoms with Gasteiger partial charge in [0.25, 0.3) is 5.69 Å². The van der Waals surface area contributed by atoms with Gasteiger partial charge in [-0.15, -0.1) is 0 Å². The topological polar surface area (TPSA) is 94.7 Å². The lowest BCUT2D eigenvalue weighted by Gasteiger charge is -2.28. The van der Waals surface area contributed by atoms with Gasteiger partial charge < -0.3 is 24.3 Å². The summed E-state index contributed by atoms with van der Waals surface area (Å²) in [5.74, 6) is 0.552. The summed E-state index contributed by atoms with van der Waals surface area (Å²) in [7, 11) is 3.22. The lowest BCUT2D eigenvalue weighted by atomic mass is 9.97. The Morgan fingerprint density at radius 3 is 2.65 bits per heavy atom. The number of aromatic nitrogens is 2. The fourth-order valence-corrected chi connectivity index (χ4v) is 4.93. The van der Waals surface area contributed by atoms with Crippen molar-refractivity contribution in [3.8, 4) is 11.4 Å². The first-order valence-electron chi connectivity index (χ1n) is 10.9. The number of nitrogens with zero attached hydrogens (tertiary/aromatic N) is 4. The highest BCUT2D eigenvalue weighted by molar-refractivity contribution is 7.80. The molecule has 178 valence electrons. The van der Waals surface area contributed by atoms with Crippen molar-refractivity contribution in [3.05, 3.63) is 81.4 Å². The van der Waals surface area contributed by atoms with E-state index in [0.29, 0.717) is 29.7 Å². The Labute approximate surface area is 203 Å². The van der Waals surface area contributed by atoms with E-state index in [0.717, 1.165) is 22.6 Å². The van der Waals surface area contributed by atoms with Crippen LogP contribution in [-0.4, -0.2) is 51.9 Å². The number of hydrogen-bond acceptors (Lipinski definition) is 6. The maximum atomic E-state index is 11.5. The van der Waals surface area contributed by atoms with Gasteiger partial charge in [0.1, 0.15) is 5.75 Å². The molecular weight excluding hydrogens is 454 g/mol. The standard InChI is InChI=1S/C24H27N5O4S/c1-15-13-18(16(2)28(15)20-14-17(29(30)31)8-9-21(20)33-4)23-22(19-7-5-6-10-25-19)26-24(34)27(23)11-12-32-3/h5-10,13-14,22-23H,11-12H2,1-4H3,(H,26,34). The first-order chi connectivity index (χ1) is 16.4. The van der Waals surface area contributed by atoms with Crippen molar-refractivity contribution < 1.29 is 14.4 Å². The molecule has 4 rings (SSSR count). The number of non-ortho nitro benzene ring substituents is 1. The molecule has 3 heterocycles. The molecule has 2 unspecified atom stereocenters. The number of aryl methyl sites for hydroxylation is 1. The lowest BCUT2D eigenvalue weighted by Crippen LogP contribution is -2.32. The summed E-state index contributed by atoms with van der Waals surface area (Å²) in [6.45, 7) is 5.11. The average molecular weight is 482 g/mol. The van der Waals surface area contributed by atoms with Crippen LogP contribution in [0.1, 0.15) is 34.7 Å². The van der Waals surface area contributed by atoms with Gasteiger partial charge in [0.05, 0.1) is 42.1 Å². The second kappa shape index (κ2) is 9.78. The molecule has 1 aromatic carbocycles. The third-order valence-corrected chi connectivity index (χ3v) is 6.49. The third kappa shape index (κ3) is 4.22. The van der Waals surface area contributed by atoms with Crippen LogP contribution in [0.2, 0.25) is 0 Å². The zero-order chi connectivity index (χ0) is 24.4. The maximum Gasteiger partial charge on any atom is 0.271 e. The highest BCUT2D eigenvalue weighted by atomic mass is 32.1. The van der Waals surface area contributed by atoms with Gasteiger partial charge in [-0.3, -0.25) is 15.1 Å². The molecule has 9 nitrogen and oxygen atoms in total. The first-order valence-corrected chi connectivity index (χ1v) is 11.3. The minimum absolute atomic E-state index is 0.00152. The molecule has 10 heteroatoms. The lowest BCUT2D eigenvalue weighted by molar-refractivity contribution is -0.384. The number of nitro groups is 1. The van der Waals surface area contributed by atoms with E-state index >= 15 is 0 Å². The number of nitrogens with one attached hydrogen (secondary N) is 1. The molecule has 1 aliphatic heterocycles. The molecule has 0 aliphatic carbocycles. The fourth-order valence-electron chi connectivity index (χ4n) is 4.60. The van der Waals surface area contributed by atoms with Crippen LogP contribution in [-0.2, 0) is 4.74 Å². The smallest absolute Gasteiger partial charge is 0.271 e. The van der Waals surface area contributed by atoms with Crippen molar-refractivity contribution >= 4 is 23.0 Å². The van der Waals surface area contributed by atoms with Crippen LogP contribution in [0.5, 0.6) is 5.75 Å². The number of ether oxygens (including phenoxy) is 2. The van der Waals surface area contributed by atoms with Crippen LogP contribution >= 0.6 is 12.2 Å². The number of pyridine rings is 1. The zero-order valence-corrected chi connectivity index (χ0v) is 20.3. The molecule has 0 amide bonds. The summed E-state index contributed by atoms with van der Waals surface area (Å²) in [4.78, 5) is 17.8. The number of thiocarbonyl (C=S) groups is 1. The fraction of sp³-hybridized carbons (Fsp3) is 0.333. The van der Waals surface area contributed by atoms with Crippen LogP contribution in [0.3, 0.4) is 0 Å². The summed E-state index contributed by atoms with van der Waals surface area (Å²) in [5.41, 5.74) is 4.41. The van der Waals surface area contributed by atoms with Gasteiger partial charge in [-0.2, -0.15) is 0 Å². The van der Waals surface area contributed by atoms with Crippen LogP contribution in [0.4, 0.5) is 5.69 Å². The van der Waals surface area contributed by atoms with Crippen molar-refractivity contribution in [3.63, 3.8) is 0 Å². The Balaban J connectivity index is 1.86. The number of hydrogen-bond donors (Lipinski definition) is 1. The second-order valence-electron chi connectivity index (χ2n) is 8.09. The van der Waals surface area contributed by atoms with E-state index in [-0.39, 0.29) is 17.8 Å². The minimum Gasteiger partial charge on any atom is -0.495 e. The molecule has 1 aliphatic rings. The Morgan fingerprint density at radius 1 is 1.21 bits per heavy atom. The summed E-state index contributed by atoms with van der Waals surface area (Å²) < 4.78 is 12.9. The molecule has 1 N–H and O–H groups in total. The third-order valence-electron chi connectivity index (χ3n) is 6.14. The predicted molar refractivity (Wildman–Crippen MR) is 132 cm³/mol. The molecule has 3 aromatic rings. The van der Waals surface area contributed by atoms with Crippen LogP contribution in [0.25, 0.3) is 5.69 Å². The van der Waals surface area contributed by atoms with Crippen molar-refractivity contribution in [1.82, 2.24) is 19.8 Å². The molecule has 0 bridgehead atoms. The van der Waals surface area contributed by atoms with Crippen molar-refractivity contribution in [2.75, 3.05) is 27.4 Å². The number of nitro benzene ring substituents is 1. The molecule has 0 radical (unpaired) electrons. The Morgan fingerprint density at radius 2 is 2.00 bits per heavy atom. The van der Waals surface area contributed by atoms with Gasteiger partial charge in [0, 0.05) is 43.4 Å². The number of methoxy groups -OCH3 is 2. The molecule has 1 saturated heterocycles. The minimum atomic E-state index is -0.402. The van der Waals surface area contributed by atoms with Gasteiger partial charge in [0.2, 0.25) is 0 Å². The zero-order valence-electron chi connectivity index (χ0n) is 19.5. The Bertz CT molecular complexity index is 1210. The Kier molecular flexibility index (Phi) is 6.80. The molecular formula is C24H27N5O4S. The number of benzene rings is 1. The predicted octanol–water partition coefficient (Wildman–Crippen LogP) is 4.02. The summed E-state index contributed by atoms with van der Waals surface area (Å²) in [6.07, 6.45) is 1.77. The summed E-state index contributed by atoms with van der Waals surface area (Å²) in [6, 6.07) is 12.2. The molecule has 2 aromatic heterocycles. The van der Waals surface area contributed by atoms with E-state index in [2.05, 4.69) is 21.3 Å². The van der Waals surface area contributed by atoms with E-state index in [1.165, 1.54) is 6.07 Å². The van der Waals surface area contributed by atoms with E-state index in [9.17, 15) is 10.1 Å². The highest BCUT2D eigenvalue weighted by Crippen LogP contribution is 2.42. The van der Waals surface area contributed by atoms with Crippen molar-refractivity contribution in [2.45, 2.75) is 25.9 Å². The Hall–Kier alpha value is -3.50. The molecule has 0 spiro atoms. The maximum absolute atomic E-state index is 11.5. The van der Waals surface area contributed by atoms with E-state index < -0.39 is 4.92 Å². The summed E-state index contributed by atoms with van der Waals surface area (Å²) in [5, 5.41) is 15.5. The molecule has 34 heavy (non-hydrogen) atoms. The quantitative estimate of drug-likeness (QED) is 0.293. The van der Waals surface area contributed by atoms with Crippen LogP contribution < -0.4 is 10.1 Å². The van der Waals surface area contributed by atoms with Gasteiger partial charge >= 0.3 is 0 Å². The second-order valence-corrected chi connectivity index (χ2v) is 8.47. The van der Waals surface area contributed by atoms with E-state index in [4.69, 9.17) is 21.7 Å². The van der Waals surface area contributed by atoms with E-state index in [1.54, 1.807) is 32.5 Å². The van der Waals surface area contributed by atoms with E-state index in [1.807, 2.05) is 36.6 Å². The molecule has 2 atom stereocenters. The average Bonchev–Trinajstić information content (AvgIpc) is 3.32. The normalized spacial score (nSPS) is 17.6. The van der Waals surface area contributed by atoms with Crippen LogP contribution in [0, 0.1) is 24.0 Å². The van der Waals surface area contributed by atoms with Crippen LogP contribution in [0.15, 0.2) is 48.7 Å². The van der Waals surface area contributed by atoms with Gasteiger partial charge in [-0.1, -0.05) is 6.07 Å². The largest absolute Gasteiger partial charge is 0.495 e.